The molecule has 2 aromatic rings. The van der Waals surface area contributed by atoms with E-state index in [4.69, 9.17) is 9.47 Å². The van der Waals surface area contributed by atoms with Crippen molar-refractivity contribution in [1.29, 1.82) is 0 Å². The summed E-state index contributed by atoms with van der Waals surface area (Å²) < 4.78 is 10.7. The highest BCUT2D eigenvalue weighted by atomic mass is 16.6. The van der Waals surface area contributed by atoms with Crippen LogP contribution in [0.1, 0.15) is 38.8 Å². The number of carbonyl (C=O) groups excluding carboxylic acids is 2. The van der Waals surface area contributed by atoms with Crippen molar-refractivity contribution in [2.75, 3.05) is 10.6 Å². The number of esters is 2. The fourth-order valence-electron chi connectivity index (χ4n) is 2.55. The summed E-state index contributed by atoms with van der Waals surface area (Å²) in [5.74, 6) is -1.33. The first-order chi connectivity index (χ1) is 14.2. The van der Waals surface area contributed by atoms with E-state index in [1.807, 2.05) is 62.4 Å². The number of rotatable bonds is 8. The molecule has 0 spiro atoms. The molecule has 0 aromatic heterocycles. The van der Waals surface area contributed by atoms with Crippen molar-refractivity contribution < 1.29 is 19.1 Å². The molecular formula is C24H30N2O4. The Morgan fingerprint density at radius 1 is 0.667 bits per heavy atom. The van der Waals surface area contributed by atoms with Crippen LogP contribution in [0.5, 0.6) is 0 Å². The number of hydrogen-bond donors (Lipinski definition) is 2. The molecule has 0 unspecified atom stereocenters. The molecule has 0 saturated carbocycles. The quantitative estimate of drug-likeness (QED) is 0.278. The van der Waals surface area contributed by atoms with Crippen molar-refractivity contribution in [3.05, 3.63) is 71.1 Å². The van der Waals surface area contributed by atoms with Crippen molar-refractivity contribution >= 4 is 23.3 Å². The summed E-state index contributed by atoms with van der Waals surface area (Å²) >= 11 is 0. The summed E-state index contributed by atoms with van der Waals surface area (Å²) in [6, 6.07) is 15.2. The fraction of sp³-hybridized carbons (Fsp3) is 0.333. The molecule has 0 aliphatic carbocycles. The Labute approximate surface area is 178 Å². The van der Waals surface area contributed by atoms with Gasteiger partial charge < -0.3 is 20.1 Å². The molecule has 160 valence electrons. The van der Waals surface area contributed by atoms with Crippen LogP contribution in [0.4, 0.5) is 11.4 Å². The molecule has 2 rings (SSSR count). The molecule has 0 aliphatic rings. The van der Waals surface area contributed by atoms with Gasteiger partial charge in [-0.25, -0.2) is 9.59 Å². The van der Waals surface area contributed by atoms with Crippen LogP contribution in [-0.4, -0.2) is 24.1 Å². The van der Waals surface area contributed by atoms with Crippen LogP contribution in [0.15, 0.2) is 59.9 Å². The number of benzene rings is 2. The van der Waals surface area contributed by atoms with Gasteiger partial charge in [-0.15, -0.1) is 0 Å². The van der Waals surface area contributed by atoms with E-state index in [-0.39, 0.29) is 23.6 Å². The number of carbonyl (C=O) groups is 2. The predicted molar refractivity (Wildman–Crippen MR) is 119 cm³/mol. The highest BCUT2D eigenvalue weighted by molar-refractivity contribution is 6.15. The summed E-state index contributed by atoms with van der Waals surface area (Å²) in [6.07, 6.45) is -0.779. The van der Waals surface area contributed by atoms with E-state index in [2.05, 4.69) is 10.6 Å². The summed E-state index contributed by atoms with van der Waals surface area (Å²) in [4.78, 5) is 25.7. The lowest BCUT2D eigenvalue weighted by Crippen LogP contribution is -2.28. The number of nitrogens with one attached hydrogen (secondary N) is 2. The summed E-state index contributed by atoms with van der Waals surface area (Å²) in [6.45, 7) is 10.9. The van der Waals surface area contributed by atoms with Crippen molar-refractivity contribution in [3.63, 3.8) is 0 Å². The molecule has 2 N–H and O–H groups in total. The van der Waals surface area contributed by atoms with Crippen molar-refractivity contribution in [2.45, 2.75) is 53.8 Å². The average Bonchev–Trinajstić information content (AvgIpc) is 2.64. The average molecular weight is 411 g/mol. The first-order valence-corrected chi connectivity index (χ1v) is 9.99. The molecule has 0 fully saturated rings. The maximum absolute atomic E-state index is 12.8. The lowest BCUT2D eigenvalue weighted by Gasteiger charge is -2.19. The van der Waals surface area contributed by atoms with Crippen LogP contribution >= 0.6 is 0 Å². The zero-order chi connectivity index (χ0) is 22.3. The summed E-state index contributed by atoms with van der Waals surface area (Å²) in [5.41, 5.74) is 3.39. The highest BCUT2D eigenvalue weighted by Crippen LogP contribution is 2.20. The van der Waals surface area contributed by atoms with Gasteiger partial charge in [-0.05, 0) is 65.8 Å². The molecule has 2 aromatic carbocycles. The zero-order valence-corrected chi connectivity index (χ0v) is 18.4. The van der Waals surface area contributed by atoms with E-state index in [9.17, 15) is 9.59 Å². The first-order valence-electron chi connectivity index (χ1n) is 9.99. The van der Waals surface area contributed by atoms with Gasteiger partial charge in [0.15, 0.2) is 5.57 Å². The van der Waals surface area contributed by atoms with Gasteiger partial charge in [-0.2, -0.15) is 0 Å². The van der Waals surface area contributed by atoms with E-state index in [1.54, 1.807) is 27.7 Å². The summed E-state index contributed by atoms with van der Waals surface area (Å²) in [5, 5.41) is 6.29. The van der Waals surface area contributed by atoms with E-state index in [1.165, 1.54) is 0 Å². The van der Waals surface area contributed by atoms with Crippen molar-refractivity contribution in [3.8, 4) is 0 Å². The van der Waals surface area contributed by atoms with E-state index < -0.39 is 11.9 Å². The predicted octanol–water partition coefficient (Wildman–Crippen LogP) is 4.94. The number of hydrogen-bond acceptors (Lipinski definition) is 6. The van der Waals surface area contributed by atoms with E-state index in [0.717, 1.165) is 11.1 Å². The Morgan fingerprint density at radius 2 is 1.00 bits per heavy atom. The third-order valence-corrected chi connectivity index (χ3v) is 3.99. The number of anilines is 2. The zero-order valence-electron chi connectivity index (χ0n) is 18.4. The Hall–Kier alpha value is -3.28. The number of aryl methyl sites for hydroxylation is 2. The smallest absolute Gasteiger partial charge is 0.349 e. The van der Waals surface area contributed by atoms with Crippen LogP contribution < -0.4 is 10.6 Å². The second kappa shape index (κ2) is 10.5. The molecule has 0 heterocycles. The van der Waals surface area contributed by atoms with Crippen LogP contribution in [0.25, 0.3) is 0 Å². The third-order valence-electron chi connectivity index (χ3n) is 3.99. The maximum Gasteiger partial charge on any atom is 0.349 e. The van der Waals surface area contributed by atoms with Crippen molar-refractivity contribution in [2.24, 2.45) is 0 Å². The lowest BCUT2D eigenvalue weighted by molar-refractivity contribution is -0.151. The van der Waals surface area contributed by atoms with Crippen LogP contribution in [0.3, 0.4) is 0 Å². The van der Waals surface area contributed by atoms with Gasteiger partial charge in [0.1, 0.15) is 5.82 Å². The molecule has 6 nitrogen and oxygen atoms in total. The molecule has 0 aliphatic heterocycles. The minimum atomic E-state index is -0.759. The summed E-state index contributed by atoms with van der Waals surface area (Å²) in [7, 11) is 0. The van der Waals surface area contributed by atoms with Gasteiger partial charge in [0.05, 0.1) is 12.2 Å². The fourth-order valence-corrected chi connectivity index (χ4v) is 2.55. The lowest BCUT2D eigenvalue weighted by atomic mass is 10.2. The van der Waals surface area contributed by atoms with Crippen LogP contribution in [0.2, 0.25) is 0 Å². The van der Waals surface area contributed by atoms with Crippen LogP contribution in [0, 0.1) is 13.8 Å². The van der Waals surface area contributed by atoms with Gasteiger partial charge in [-0.3, -0.25) is 0 Å². The maximum atomic E-state index is 12.8. The molecule has 0 saturated heterocycles. The Balaban J connectivity index is 2.54. The van der Waals surface area contributed by atoms with E-state index in [0.29, 0.717) is 11.4 Å². The van der Waals surface area contributed by atoms with Gasteiger partial charge in [0.2, 0.25) is 0 Å². The van der Waals surface area contributed by atoms with Gasteiger partial charge in [-0.1, -0.05) is 35.4 Å². The second-order valence-corrected chi connectivity index (χ2v) is 7.64. The van der Waals surface area contributed by atoms with Gasteiger partial charge >= 0.3 is 11.9 Å². The van der Waals surface area contributed by atoms with Crippen LogP contribution in [-0.2, 0) is 19.1 Å². The molecule has 0 radical (unpaired) electrons. The topological polar surface area (TPSA) is 76.7 Å². The minimum Gasteiger partial charge on any atom is -0.459 e. The molecule has 0 atom stereocenters. The molecule has 30 heavy (non-hydrogen) atoms. The second-order valence-electron chi connectivity index (χ2n) is 7.64. The molecule has 0 amide bonds. The first kappa shape index (κ1) is 23.0. The molecular weight excluding hydrogens is 380 g/mol. The standard InChI is InChI=1S/C24H30N2O4/c1-15(2)29-23(27)21(24(28)30-16(3)4)22(25-19-11-7-17(5)8-12-19)26-20-13-9-18(6)10-14-20/h7-16,25-26H,1-6H3. The third kappa shape index (κ3) is 6.95. The minimum absolute atomic E-state index is 0.194. The Bertz CT molecular complexity index is 824. The van der Waals surface area contributed by atoms with Gasteiger partial charge in [0, 0.05) is 11.4 Å². The molecule has 6 heteroatoms. The Morgan fingerprint density at radius 3 is 1.30 bits per heavy atom. The van der Waals surface area contributed by atoms with Crippen molar-refractivity contribution in [1.82, 2.24) is 0 Å². The highest BCUT2D eigenvalue weighted by Gasteiger charge is 2.28. The monoisotopic (exact) mass is 410 g/mol. The van der Waals surface area contributed by atoms with E-state index >= 15 is 0 Å². The normalized spacial score (nSPS) is 10.5. The SMILES string of the molecule is Cc1ccc(NC(Nc2ccc(C)cc2)=C(C(=O)OC(C)C)C(=O)OC(C)C)cc1. The Kier molecular flexibility index (Phi) is 8.04. The largest absolute Gasteiger partial charge is 0.459 e. The molecule has 0 bridgehead atoms. The number of ether oxygens (including phenoxy) is 2. The van der Waals surface area contributed by atoms with Gasteiger partial charge in [0.25, 0.3) is 0 Å².